The van der Waals surface area contributed by atoms with Gasteiger partial charge in [0.05, 0.1) is 24.4 Å². The zero-order valence-electron chi connectivity index (χ0n) is 9.95. The number of methoxy groups -OCH3 is 1. The van der Waals surface area contributed by atoms with E-state index in [9.17, 15) is 4.79 Å². The maximum atomic E-state index is 12.1. The van der Waals surface area contributed by atoms with Gasteiger partial charge in [-0.2, -0.15) is 0 Å². The number of anilines is 1. The zero-order chi connectivity index (χ0) is 12.4. The van der Waals surface area contributed by atoms with Gasteiger partial charge in [0.15, 0.2) is 5.43 Å². The number of ether oxygens (including phenoxy) is 1. The van der Waals surface area contributed by atoms with Crippen LogP contribution in [0.15, 0.2) is 27.6 Å². The molecule has 0 amide bonds. The van der Waals surface area contributed by atoms with Gasteiger partial charge in [0.1, 0.15) is 11.3 Å². The van der Waals surface area contributed by atoms with E-state index in [2.05, 4.69) is 0 Å². The Balaban J connectivity index is 2.71. The van der Waals surface area contributed by atoms with Crippen molar-refractivity contribution >= 4 is 16.7 Å². The number of nitrogens with two attached hydrogens (primary N) is 1. The smallest absolute Gasteiger partial charge is 0.195 e. The molecule has 90 valence electrons. The molecule has 4 heteroatoms. The van der Waals surface area contributed by atoms with Crippen molar-refractivity contribution in [1.82, 2.24) is 0 Å². The molecule has 2 N–H and O–H groups in total. The van der Waals surface area contributed by atoms with Crippen LogP contribution in [-0.4, -0.2) is 7.11 Å². The standard InChI is InChI=1S/C13H15NO3/c1-3-4-8-7-17-11-6-10(14)12(16-2)5-9(11)13(8)15/h5-7H,3-4,14H2,1-2H3. The second-order valence-electron chi connectivity index (χ2n) is 3.93. The molecule has 0 spiro atoms. The normalized spacial score (nSPS) is 10.7. The second-order valence-corrected chi connectivity index (χ2v) is 3.93. The molecule has 0 unspecified atom stereocenters. The number of hydrogen-bond donors (Lipinski definition) is 1. The van der Waals surface area contributed by atoms with Crippen molar-refractivity contribution in [2.45, 2.75) is 19.8 Å². The summed E-state index contributed by atoms with van der Waals surface area (Å²) in [5.74, 6) is 0.499. The summed E-state index contributed by atoms with van der Waals surface area (Å²) in [6.45, 7) is 2.02. The molecule has 2 aromatic rings. The van der Waals surface area contributed by atoms with Crippen LogP contribution in [0.25, 0.3) is 11.0 Å². The molecule has 0 aliphatic heterocycles. The minimum Gasteiger partial charge on any atom is -0.495 e. The fourth-order valence-electron chi connectivity index (χ4n) is 1.83. The van der Waals surface area contributed by atoms with E-state index in [0.29, 0.717) is 34.4 Å². The first kappa shape index (κ1) is 11.5. The molecule has 0 atom stereocenters. The first-order valence-corrected chi connectivity index (χ1v) is 5.55. The van der Waals surface area contributed by atoms with Crippen LogP contribution in [0.3, 0.4) is 0 Å². The lowest BCUT2D eigenvalue weighted by atomic mass is 10.1. The molecule has 1 aromatic heterocycles. The molecule has 0 radical (unpaired) electrons. The van der Waals surface area contributed by atoms with Gasteiger partial charge in [-0.25, -0.2) is 0 Å². The van der Waals surface area contributed by atoms with Gasteiger partial charge in [0, 0.05) is 11.6 Å². The molecular weight excluding hydrogens is 218 g/mol. The molecule has 17 heavy (non-hydrogen) atoms. The van der Waals surface area contributed by atoms with Crippen LogP contribution in [0.2, 0.25) is 0 Å². The van der Waals surface area contributed by atoms with Gasteiger partial charge in [-0.3, -0.25) is 4.79 Å². The summed E-state index contributed by atoms with van der Waals surface area (Å²) in [4.78, 5) is 12.1. The van der Waals surface area contributed by atoms with E-state index in [-0.39, 0.29) is 5.43 Å². The lowest BCUT2D eigenvalue weighted by molar-refractivity contribution is 0.417. The molecule has 0 aliphatic rings. The summed E-state index contributed by atoms with van der Waals surface area (Å²) in [5, 5.41) is 0.516. The van der Waals surface area contributed by atoms with E-state index in [1.165, 1.54) is 13.4 Å². The highest BCUT2D eigenvalue weighted by atomic mass is 16.5. The Labute approximate surface area is 99.0 Å². The van der Waals surface area contributed by atoms with Crippen molar-refractivity contribution in [1.29, 1.82) is 0 Å². The van der Waals surface area contributed by atoms with Crippen molar-refractivity contribution in [3.63, 3.8) is 0 Å². The van der Waals surface area contributed by atoms with Crippen molar-refractivity contribution in [2.24, 2.45) is 0 Å². The fourth-order valence-corrected chi connectivity index (χ4v) is 1.83. The molecule has 1 heterocycles. The maximum Gasteiger partial charge on any atom is 0.195 e. The van der Waals surface area contributed by atoms with Crippen LogP contribution in [0.4, 0.5) is 5.69 Å². The minimum absolute atomic E-state index is 0.00796. The van der Waals surface area contributed by atoms with Crippen LogP contribution in [0.5, 0.6) is 5.75 Å². The summed E-state index contributed by atoms with van der Waals surface area (Å²) in [7, 11) is 1.52. The highest BCUT2D eigenvalue weighted by molar-refractivity contribution is 5.83. The lowest BCUT2D eigenvalue weighted by Gasteiger charge is -2.06. The average Bonchev–Trinajstić information content (AvgIpc) is 2.32. The summed E-state index contributed by atoms with van der Waals surface area (Å²) >= 11 is 0. The molecule has 0 saturated carbocycles. The van der Waals surface area contributed by atoms with Crippen LogP contribution in [0, 0.1) is 0 Å². The van der Waals surface area contributed by atoms with Crippen LogP contribution in [-0.2, 0) is 6.42 Å². The lowest BCUT2D eigenvalue weighted by Crippen LogP contribution is -2.09. The Kier molecular flexibility index (Phi) is 3.04. The topological polar surface area (TPSA) is 65.5 Å². The van der Waals surface area contributed by atoms with Crippen LogP contribution >= 0.6 is 0 Å². The number of rotatable bonds is 3. The van der Waals surface area contributed by atoms with Crippen LogP contribution in [0.1, 0.15) is 18.9 Å². The van der Waals surface area contributed by atoms with Gasteiger partial charge in [0.2, 0.25) is 0 Å². The minimum atomic E-state index is -0.00796. The van der Waals surface area contributed by atoms with Gasteiger partial charge in [0.25, 0.3) is 0 Å². The predicted molar refractivity (Wildman–Crippen MR) is 67.4 cm³/mol. The number of nitrogen functional groups attached to an aromatic ring is 1. The summed E-state index contributed by atoms with van der Waals surface area (Å²) in [6.07, 6.45) is 3.13. The number of hydrogen-bond acceptors (Lipinski definition) is 4. The van der Waals surface area contributed by atoms with Crippen molar-refractivity contribution in [2.75, 3.05) is 12.8 Å². The van der Waals surface area contributed by atoms with E-state index in [1.54, 1.807) is 12.1 Å². The molecule has 4 nitrogen and oxygen atoms in total. The maximum absolute atomic E-state index is 12.1. The summed E-state index contributed by atoms with van der Waals surface area (Å²) < 4.78 is 10.5. The number of aryl methyl sites for hydroxylation is 1. The molecule has 0 aliphatic carbocycles. The summed E-state index contributed by atoms with van der Waals surface area (Å²) in [6, 6.07) is 3.25. The molecule has 0 saturated heterocycles. The van der Waals surface area contributed by atoms with Crippen molar-refractivity contribution in [3.05, 3.63) is 34.2 Å². The zero-order valence-corrected chi connectivity index (χ0v) is 9.95. The van der Waals surface area contributed by atoms with Gasteiger partial charge >= 0.3 is 0 Å². The van der Waals surface area contributed by atoms with E-state index in [4.69, 9.17) is 14.9 Å². The van der Waals surface area contributed by atoms with Crippen molar-refractivity contribution in [3.8, 4) is 5.75 Å². The molecule has 0 fully saturated rings. The third kappa shape index (κ3) is 1.98. The van der Waals surface area contributed by atoms with Crippen LogP contribution < -0.4 is 15.9 Å². The van der Waals surface area contributed by atoms with E-state index >= 15 is 0 Å². The van der Waals surface area contributed by atoms with E-state index in [1.807, 2.05) is 6.92 Å². The molecule has 0 bridgehead atoms. The van der Waals surface area contributed by atoms with Gasteiger partial charge < -0.3 is 14.9 Å². The van der Waals surface area contributed by atoms with Gasteiger partial charge in [-0.1, -0.05) is 13.3 Å². The average molecular weight is 233 g/mol. The second kappa shape index (κ2) is 4.49. The highest BCUT2D eigenvalue weighted by Crippen LogP contribution is 2.26. The molecule has 2 rings (SSSR count). The Morgan fingerprint density at radius 2 is 2.18 bits per heavy atom. The Morgan fingerprint density at radius 3 is 2.82 bits per heavy atom. The Hall–Kier alpha value is -1.97. The predicted octanol–water partition coefficient (Wildman–Crippen LogP) is 2.34. The quantitative estimate of drug-likeness (QED) is 0.826. The number of fused-ring (bicyclic) bond motifs is 1. The van der Waals surface area contributed by atoms with E-state index < -0.39 is 0 Å². The number of benzene rings is 1. The first-order chi connectivity index (χ1) is 8.17. The summed E-state index contributed by atoms with van der Waals surface area (Å²) in [5.41, 5.74) is 7.39. The highest BCUT2D eigenvalue weighted by Gasteiger charge is 2.10. The van der Waals surface area contributed by atoms with E-state index in [0.717, 1.165) is 6.42 Å². The first-order valence-electron chi connectivity index (χ1n) is 5.55. The Morgan fingerprint density at radius 1 is 1.41 bits per heavy atom. The van der Waals surface area contributed by atoms with Gasteiger partial charge in [-0.05, 0) is 12.5 Å². The largest absolute Gasteiger partial charge is 0.495 e. The molecule has 1 aromatic carbocycles. The fraction of sp³-hybridized carbons (Fsp3) is 0.308. The monoisotopic (exact) mass is 233 g/mol. The van der Waals surface area contributed by atoms with Crippen molar-refractivity contribution < 1.29 is 9.15 Å². The van der Waals surface area contributed by atoms with Gasteiger partial charge in [-0.15, -0.1) is 0 Å². The Bertz CT molecular complexity index is 601. The SMILES string of the molecule is CCCc1coc2cc(N)c(OC)cc2c1=O. The third-order valence-corrected chi connectivity index (χ3v) is 2.72. The molecular formula is C13H15NO3. The third-order valence-electron chi connectivity index (χ3n) is 2.72.